The van der Waals surface area contributed by atoms with Crippen molar-refractivity contribution in [2.45, 2.75) is 53.3 Å². The van der Waals surface area contributed by atoms with Crippen LogP contribution in [0.1, 0.15) is 48.0 Å². The summed E-state index contributed by atoms with van der Waals surface area (Å²) in [6, 6.07) is 0. The molecule has 0 nitrogen and oxygen atoms in total. The molecule has 1 heteroatoms. The van der Waals surface area contributed by atoms with Crippen LogP contribution >= 0.6 is 0 Å². The van der Waals surface area contributed by atoms with Crippen molar-refractivity contribution in [2.24, 2.45) is 5.41 Å². The summed E-state index contributed by atoms with van der Waals surface area (Å²) < 4.78 is 0. The summed E-state index contributed by atoms with van der Waals surface area (Å²) in [5, 5.41) is 0.391. The molecule has 0 aromatic rings. The molecule has 0 saturated heterocycles. The highest BCUT2D eigenvalue weighted by Gasteiger charge is 2.18. The van der Waals surface area contributed by atoms with E-state index < -0.39 is 0 Å². The minimum atomic E-state index is 0.391. The summed E-state index contributed by atoms with van der Waals surface area (Å²) in [6.45, 7) is 17.7. The van der Waals surface area contributed by atoms with Gasteiger partial charge in [-0.25, -0.2) is 0 Å². The summed E-state index contributed by atoms with van der Waals surface area (Å²) in [6.07, 6.45) is 1.14. The van der Waals surface area contributed by atoms with Gasteiger partial charge in [0.15, 0.2) is 7.28 Å². The second-order valence-electron chi connectivity index (χ2n) is 6.22. The summed E-state index contributed by atoms with van der Waals surface area (Å²) in [5.41, 5.74) is 1.78. The van der Waals surface area contributed by atoms with E-state index >= 15 is 0 Å². The molecule has 0 aliphatic rings. The van der Waals surface area contributed by atoms with Crippen LogP contribution in [-0.2, 0) is 0 Å². The van der Waals surface area contributed by atoms with E-state index in [-0.39, 0.29) is 0 Å². The van der Waals surface area contributed by atoms with E-state index in [9.17, 15) is 0 Å². The van der Waals surface area contributed by atoms with Crippen molar-refractivity contribution >= 4 is 7.28 Å². The average molecular weight is 166 g/mol. The molecular formula is C11H23B. The lowest BCUT2D eigenvalue weighted by Gasteiger charge is -2.24. The Kier molecular flexibility index (Phi) is 3.62. The molecule has 0 aliphatic heterocycles. The predicted octanol–water partition coefficient (Wildman–Crippen LogP) is 3.59. The lowest BCUT2D eigenvalue weighted by molar-refractivity contribution is 0.416. The van der Waals surface area contributed by atoms with E-state index in [0.717, 1.165) is 13.7 Å². The minimum Gasteiger partial charge on any atom is -0.111 e. The maximum absolute atomic E-state index is 4.13. The highest BCUT2D eigenvalue weighted by atomic mass is 14.1. The SMILES string of the molecule is C=C(BC(C)(C)C)CC(C)(C)C. The summed E-state index contributed by atoms with van der Waals surface area (Å²) >= 11 is 0. The molecule has 12 heavy (non-hydrogen) atoms. The van der Waals surface area contributed by atoms with Crippen molar-refractivity contribution in [3.8, 4) is 0 Å². The van der Waals surface area contributed by atoms with Gasteiger partial charge >= 0.3 is 0 Å². The Labute approximate surface area is 78.7 Å². The van der Waals surface area contributed by atoms with Gasteiger partial charge in [0.1, 0.15) is 0 Å². The van der Waals surface area contributed by atoms with Gasteiger partial charge in [-0.1, -0.05) is 46.9 Å². The van der Waals surface area contributed by atoms with Crippen LogP contribution in [0.4, 0.5) is 0 Å². The molecule has 0 N–H and O–H groups in total. The first-order chi connectivity index (χ1) is 5.10. The van der Waals surface area contributed by atoms with Gasteiger partial charge in [-0.3, -0.25) is 0 Å². The Morgan fingerprint density at radius 2 is 1.50 bits per heavy atom. The molecule has 0 radical (unpaired) electrons. The molecule has 0 unspecified atom stereocenters. The Balaban J connectivity index is 3.92. The number of allylic oxidation sites excluding steroid dienone is 1. The second-order valence-corrected chi connectivity index (χ2v) is 6.22. The van der Waals surface area contributed by atoms with Gasteiger partial charge in [0, 0.05) is 0 Å². The molecule has 0 saturated carbocycles. The van der Waals surface area contributed by atoms with Crippen LogP contribution in [0.25, 0.3) is 0 Å². The first kappa shape index (κ1) is 11.8. The van der Waals surface area contributed by atoms with Crippen LogP contribution in [0.3, 0.4) is 0 Å². The smallest absolute Gasteiger partial charge is 0.111 e. The fraction of sp³-hybridized carbons (Fsp3) is 0.818. The molecule has 0 fully saturated rings. The Morgan fingerprint density at radius 1 is 1.08 bits per heavy atom. The minimum absolute atomic E-state index is 0.391. The summed E-state index contributed by atoms with van der Waals surface area (Å²) in [5.74, 6) is 0. The Bertz CT molecular complexity index is 137. The molecule has 0 rings (SSSR count). The molecular weight excluding hydrogens is 143 g/mol. The van der Waals surface area contributed by atoms with Crippen molar-refractivity contribution in [2.75, 3.05) is 0 Å². The monoisotopic (exact) mass is 166 g/mol. The number of hydrogen-bond acceptors (Lipinski definition) is 0. The van der Waals surface area contributed by atoms with E-state index in [1.165, 1.54) is 5.47 Å². The lowest BCUT2D eigenvalue weighted by atomic mass is 9.49. The zero-order chi connectivity index (χ0) is 9.99. The molecule has 0 amide bonds. The molecule has 0 bridgehead atoms. The molecule has 0 heterocycles. The third-order valence-corrected chi connectivity index (χ3v) is 1.56. The van der Waals surface area contributed by atoms with Gasteiger partial charge in [-0.05, 0) is 11.8 Å². The number of hydrogen-bond donors (Lipinski definition) is 0. The van der Waals surface area contributed by atoms with Gasteiger partial charge in [0.25, 0.3) is 0 Å². The molecule has 0 aromatic carbocycles. The third-order valence-electron chi connectivity index (χ3n) is 1.56. The Morgan fingerprint density at radius 3 is 1.75 bits per heavy atom. The van der Waals surface area contributed by atoms with Crippen LogP contribution in [0.2, 0.25) is 5.31 Å². The Hall–Kier alpha value is -0.195. The van der Waals surface area contributed by atoms with Gasteiger partial charge in [-0.2, -0.15) is 0 Å². The number of rotatable bonds is 2. The highest BCUT2D eigenvalue weighted by molar-refractivity contribution is 6.48. The van der Waals surface area contributed by atoms with Crippen LogP contribution in [0, 0.1) is 5.41 Å². The first-order valence-corrected chi connectivity index (χ1v) is 4.77. The van der Waals surface area contributed by atoms with Gasteiger partial charge in [0.2, 0.25) is 0 Å². The fourth-order valence-electron chi connectivity index (χ4n) is 1.56. The maximum Gasteiger partial charge on any atom is 0.157 e. The van der Waals surface area contributed by atoms with Crippen molar-refractivity contribution in [1.82, 2.24) is 0 Å². The topological polar surface area (TPSA) is 0 Å². The van der Waals surface area contributed by atoms with Gasteiger partial charge in [-0.15, -0.1) is 12.1 Å². The van der Waals surface area contributed by atoms with Crippen LogP contribution < -0.4 is 0 Å². The highest BCUT2D eigenvalue weighted by Crippen LogP contribution is 2.29. The van der Waals surface area contributed by atoms with Crippen LogP contribution in [0.15, 0.2) is 12.1 Å². The molecule has 0 spiro atoms. The molecule has 70 valence electrons. The zero-order valence-corrected chi connectivity index (χ0v) is 9.62. The molecule has 0 aliphatic carbocycles. The zero-order valence-electron chi connectivity index (χ0n) is 9.62. The normalized spacial score (nSPS) is 12.8. The van der Waals surface area contributed by atoms with Crippen molar-refractivity contribution in [3.63, 3.8) is 0 Å². The second kappa shape index (κ2) is 3.68. The lowest BCUT2D eigenvalue weighted by Crippen LogP contribution is -2.15. The fourth-order valence-corrected chi connectivity index (χ4v) is 1.56. The van der Waals surface area contributed by atoms with E-state index in [2.05, 4.69) is 48.1 Å². The van der Waals surface area contributed by atoms with E-state index in [0.29, 0.717) is 10.7 Å². The van der Waals surface area contributed by atoms with Crippen LogP contribution in [-0.4, -0.2) is 7.28 Å². The molecule has 0 atom stereocenters. The van der Waals surface area contributed by atoms with E-state index in [1.54, 1.807) is 0 Å². The van der Waals surface area contributed by atoms with Gasteiger partial charge < -0.3 is 0 Å². The first-order valence-electron chi connectivity index (χ1n) is 4.77. The van der Waals surface area contributed by atoms with Crippen molar-refractivity contribution < 1.29 is 0 Å². The van der Waals surface area contributed by atoms with Crippen molar-refractivity contribution in [1.29, 1.82) is 0 Å². The maximum atomic E-state index is 4.13. The van der Waals surface area contributed by atoms with Crippen molar-refractivity contribution in [3.05, 3.63) is 12.1 Å². The van der Waals surface area contributed by atoms with Gasteiger partial charge in [0.05, 0.1) is 0 Å². The predicted molar refractivity (Wildman–Crippen MR) is 60.1 cm³/mol. The standard InChI is InChI=1S/C11H23B/c1-9(8-10(2,3)4)12-11(5,6)7/h12H,1,8H2,2-7H3. The third kappa shape index (κ3) is 7.91. The largest absolute Gasteiger partial charge is 0.157 e. The summed E-state index contributed by atoms with van der Waals surface area (Å²) in [4.78, 5) is 0. The quantitative estimate of drug-likeness (QED) is 0.550. The van der Waals surface area contributed by atoms with E-state index in [4.69, 9.17) is 0 Å². The average Bonchev–Trinajstić information content (AvgIpc) is 1.49. The van der Waals surface area contributed by atoms with E-state index in [1.807, 2.05) is 0 Å². The van der Waals surface area contributed by atoms with Crippen LogP contribution in [0.5, 0.6) is 0 Å². The molecule has 0 aromatic heterocycles. The summed E-state index contributed by atoms with van der Waals surface area (Å²) in [7, 11) is 1.14.